The quantitative estimate of drug-likeness (QED) is 0.754. The van der Waals surface area contributed by atoms with Crippen molar-refractivity contribution in [2.24, 2.45) is 0 Å². The highest BCUT2D eigenvalue weighted by Gasteiger charge is 2.27. The lowest BCUT2D eigenvalue weighted by atomic mass is 10.1. The average molecular weight is 423 g/mol. The van der Waals surface area contributed by atoms with Crippen molar-refractivity contribution in [3.63, 3.8) is 0 Å². The van der Waals surface area contributed by atoms with Crippen LogP contribution in [0.4, 0.5) is 0 Å². The highest BCUT2D eigenvalue weighted by molar-refractivity contribution is 9.10. The molecule has 1 heterocycles. The predicted octanol–water partition coefficient (Wildman–Crippen LogP) is 3.65. The van der Waals surface area contributed by atoms with Gasteiger partial charge in [0.15, 0.2) is 0 Å². The third-order valence-corrected chi connectivity index (χ3v) is 6.90. The maximum absolute atomic E-state index is 12.9. The molecule has 0 bridgehead atoms. The normalized spacial score (nSPS) is 17.4. The number of halogens is 1. The van der Waals surface area contributed by atoms with Crippen LogP contribution in [0, 0.1) is 6.92 Å². The molecule has 0 N–H and O–H groups in total. The molecule has 0 unspecified atom stereocenters. The molecule has 0 amide bonds. The summed E-state index contributed by atoms with van der Waals surface area (Å²) in [6.07, 6.45) is 0.846. The van der Waals surface area contributed by atoms with Crippen molar-refractivity contribution in [1.82, 2.24) is 9.21 Å². The highest BCUT2D eigenvalue weighted by atomic mass is 79.9. The highest BCUT2D eigenvalue weighted by Crippen LogP contribution is 2.21. The van der Waals surface area contributed by atoms with E-state index in [9.17, 15) is 8.42 Å². The van der Waals surface area contributed by atoms with Crippen LogP contribution >= 0.6 is 15.9 Å². The van der Waals surface area contributed by atoms with Gasteiger partial charge in [-0.25, -0.2) is 8.42 Å². The van der Waals surface area contributed by atoms with Crippen LogP contribution in [0.25, 0.3) is 0 Å². The fraction of sp³-hybridized carbons (Fsp3) is 0.368. The van der Waals surface area contributed by atoms with Gasteiger partial charge in [0.1, 0.15) is 0 Å². The minimum absolute atomic E-state index is 0.355. The van der Waals surface area contributed by atoms with E-state index in [1.807, 2.05) is 6.07 Å². The molecule has 0 saturated carbocycles. The molecule has 134 valence electrons. The lowest BCUT2D eigenvalue weighted by Crippen LogP contribution is -2.35. The Morgan fingerprint density at radius 3 is 2.48 bits per heavy atom. The van der Waals surface area contributed by atoms with Crippen LogP contribution in [0.15, 0.2) is 57.9 Å². The van der Waals surface area contributed by atoms with Crippen molar-refractivity contribution >= 4 is 26.0 Å². The molecule has 0 aromatic heterocycles. The van der Waals surface area contributed by atoms with Gasteiger partial charge in [-0.15, -0.1) is 0 Å². The number of rotatable bonds is 4. The summed E-state index contributed by atoms with van der Waals surface area (Å²) in [4.78, 5) is 2.69. The number of aryl methyl sites for hydroxylation is 1. The van der Waals surface area contributed by atoms with E-state index in [2.05, 4.69) is 52.0 Å². The summed E-state index contributed by atoms with van der Waals surface area (Å²) in [6, 6.07) is 15.5. The summed E-state index contributed by atoms with van der Waals surface area (Å²) in [6.45, 7) is 5.71. The van der Waals surface area contributed by atoms with Gasteiger partial charge in [0, 0.05) is 30.7 Å². The zero-order valence-electron chi connectivity index (χ0n) is 14.4. The van der Waals surface area contributed by atoms with Crippen LogP contribution in [0.2, 0.25) is 0 Å². The summed E-state index contributed by atoms with van der Waals surface area (Å²) in [5.41, 5.74) is 2.53. The lowest BCUT2D eigenvalue weighted by Gasteiger charge is -2.22. The Hall–Kier alpha value is -1.21. The van der Waals surface area contributed by atoms with E-state index in [-0.39, 0.29) is 0 Å². The van der Waals surface area contributed by atoms with E-state index < -0.39 is 10.0 Å². The Bertz CT molecular complexity index is 822. The Labute approximate surface area is 158 Å². The minimum atomic E-state index is -3.43. The lowest BCUT2D eigenvalue weighted by molar-refractivity contribution is 0.278. The SMILES string of the molecule is Cc1ccc(CN2CCCN(S(=O)(=O)c3cccc(Br)c3)CC2)cc1. The van der Waals surface area contributed by atoms with Gasteiger partial charge in [-0.3, -0.25) is 4.90 Å². The molecular formula is C19H23BrN2O2S. The zero-order valence-corrected chi connectivity index (χ0v) is 16.8. The van der Waals surface area contributed by atoms with Crippen LogP contribution < -0.4 is 0 Å². The second-order valence-corrected chi connectivity index (χ2v) is 9.33. The molecule has 25 heavy (non-hydrogen) atoms. The van der Waals surface area contributed by atoms with Gasteiger partial charge in [-0.1, -0.05) is 51.8 Å². The molecule has 6 heteroatoms. The van der Waals surface area contributed by atoms with Gasteiger partial charge in [-0.05, 0) is 43.7 Å². The molecule has 2 aromatic rings. The summed E-state index contributed by atoms with van der Waals surface area (Å²) >= 11 is 3.35. The number of benzene rings is 2. The Kier molecular flexibility index (Phi) is 5.94. The van der Waals surface area contributed by atoms with Crippen molar-refractivity contribution in [3.8, 4) is 0 Å². The third kappa shape index (κ3) is 4.70. The van der Waals surface area contributed by atoms with E-state index in [0.717, 1.165) is 30.5 Å². The first-order valence-electron chi connectivity index (χ1n) is 8.49. The van der Waals surface area contributed by atoms with Gasteiger partial charge in [0.2, 0.25) is 10.0 Å². The predicted molar refractivity (Wildman–Crippen MR) is 104 cm³/mol. The molecule has 2 aromatic carbocycles. The second kappa shape index (κ2) is 7.99. The molecule has 0 atom stereocenters. The maximum atomic E-state index is 12.9. The van der Waals surface area contributed by atoms with Crippen molar-refractivity contribution in [1.29, 1.82) is 0 Å². The van der Waals surface area contributed by atoms with Crippen LogP contribution in [-0.2, 0) is 16.6 Å². The third-order valence-electron chi connectivity index (χ3n) is 4.51. The van der Waals surface area contributed by atoms with E-state index in [1.54, 1.807) is 22.5 Å². The molecular weight excluding hydrogens is 400 g/mol. The fourth-order valence-corrected chi connectivity index (χ4v) is 5.14. The number of nitrogens with zero attached hydrogens (tertiary/aromatic N) is 2. The standard InChI is InChI=1S/C19H23BrN2O2S/c1-16-6-8-17(9-7-16)15-21-10-3-11-22(13-12-21)25(23,24)19-5-2-4-18(20)14-19/h2,4-9,14H,3,10-13,15H2,1H3. The largest absolute Gasteiger partial charge is 0.298 e. The van der Waals surface area contributed by atoms with Crippen LogP contribution in [0.3, 0.4) is 0 Å². The first kappa shape index (κ1) is 18.6. The Balaban J connectivity index is 1.67. The smallest absolute Gasteiger partial charge is 0.243 e. The van der Waals surface area contributed by atoms with E-state index in [4.69, 9.17) is 0 Å². The van der Waals surface area contributed by atoms with Gasteiger partial charge < -0.3 is 0 Å². The average Bonchev–Trinajstić information content (AvgIpc) is 2.83. The van der Waals surface area contributed by atoms with E-state index in [1.165, 1.54) is 11.1 Å². The van der Waals surface area contributed by atoms with Crippen molar-refractivity contribution in [3.05, 3.63) is 64.1 Å². The molecule has 1 saturated heterocycles. The summed E-state index contributed by atoms with van der Waals surface area (Å²) in [5.74, 6) is 0. The molecule has 0 spiro atoms. The first-order valence-corrected chi connectivity index (χ1v) is 10.7. The summed E-state index contributed by atoms with van der Waals surface area (Å²) in [5, 5.41) is 0. The van der Waals surface area contributed by atoms with Crippen LogP contribution in [0.1, 0.15) is 17.5 Å². The minimum Gasteiger partial charge on any atom is -0.298 e. The van der Waals surface area contributed by atoms with Gasteiger partial charge in [-0.2, -0.15) is 4.31 Å². The molecule has 1 fully saturated rings. The molecule has 0 radical (unpaired) electrons. The van der Waals surface area contributed by atoms with E-state index >= 15 is 0 Å². The molecule has 1 aliphatic heterocycles. The second-order valence-electron chi connectivity index (χ2n) is 6.48. The summed E-state index contributed by atoms with van der Waals surface area (Å²) < 4.78 is 28.2. The van der Waals surface area contributed by atoms with Crippen LogP contribution in [-0.4, -0.2) is 43.8 Å². The van der Waals surface area contributed by atoms with Crippen molar-refractivity contribution in [2.45, 2.75) is 24.8 Å². The molecule has 3 rings (SSSR count). The number of hydrogen-bond acceptors (Lipinski definition) is 3. The van der Waals surface area contributed by atoms with Gasteiger partial charge in [0.05, 0.1) is 4.90 Å². The summed E-state index contributed by atoms with van der Waals surface area (Å²) in [7, 11) is -3.43. The topological polar surface area (TPSA) is 40.6 Å². The molecule has 1 aliphatic rings. The fourth-order valence-electron chi connectivity index (χ4n) is 3.07. The van der Waals surface area contributed by atoms with Crippen molar-refractivity contribution in [2.75, 3.05) is 26.2 Å². The number of sulfonamides is 1. The molecule has 4 nitrogen and oxygen atoms in total. The van der Waals surface area contributed by atoms with Crippen LogP contribution in [0.5, 0.6) is 0 Å². The van der Waals surface area contributed by atoms with Gasteiger partial charge >= 0.3 is 0 Å². The van der Waals surface area contributed by atoms with Gasteiger partial charge in [0.25, 0.3) is 0 Å². The number of hydrogen-bond donors (Lipinski definition) is 0. The van der Waals surface area contributed by atoms with Crippen molar-refractivity contribution < 1.29 is 8.42 Å². The van der Waals surface area contributed by atoms with E-state index in [0.29, 0.717) is 18.0 Å². The zero-order chi connectivity index (χ0) is 17.9. The first-order chi connectivity index (χ1) is 11.9. The monoisotopic (exact) mass is 422 g/mol. The Morgan fingerprint density at radius 2 is 1.76 bits per heavy atom. The Morgan fingerprint density at radius 1 is 1.00 bits per heavy atom. The maximum Gasteiger partial charge on any atom is 0.243 e. The molecule has 0 aliphatic carbocycles.